The van der Waals surface area contributed by atoms with E-state index >= 15 is 0 Å². The Bertz CT molecular complexity index is 2810. The lowest BCUT2D eigenvalue weighted by Crippen LogP contribution is -1.96. The molecule has 10 aromatic rings. The van der Waals surface area contributed by atoms with Crippen LogP contribution in [0.5, 0.6) is 0 Å². The molecule has 0 amide bonds. The van der Waals surface area contributed by atoms with Gasteiger partial charge in [-0.2, -0.15) is 5.10 Å². The molecular formula is C42H26N4. The molecule has 4 aromatic heterocycles. The van der Waals surface area contributed by atoms with E-state index in [4.69, 9.17) is 10.1 Å². The van der Waals surface area contributed by atoms with E-state index in [-0.39, 0.29) is 0 Å². The molecule has 0 unspecified atom stereocenters. The molecule has 46 heavy (non-hydrogen) atoms. The van der Waals surface area contributed by atoms with Gasteiger partial charge < -0.3 is 4.57 Å². The number of para-hydroxylation sites is 3. The molecule has 0 radical (unpaired) electrons. The Morgan fingerprint density at radius 3 is 2.04 bits per heavy atom. The maximum absolute atomic E-state index is 5.32. The minimum Gasteiger partial charge on any atom is -0.309 e. The number of aromatic nitrogens is 4. The third-order valence-electron chi connectivity index (χ3n) is 9.31. The SMILES string of the molecule is c1ccc(-n2c3ccccc3c3ccc4c(-c5cccc(-c6ccc7c8ccccc8nn7c6)c5)nc5ccccc5c4c32)cc1. The van der Waals surface area contributed by atoms with Crippen LogP contribution in [0.1, 0.15) is 0 Å². The van der Waals surface area contributed by atoms with Gasteiger partial charge >= 0.3 is 0 Å². The summed E-state index contributed by atoms with van der Waals surface area (Å²) in [6.07, 6.45) is 2.13. The van der Waals surface area contributed by atoms with E-state index in [0.717, 1.165) is 60.8 Å². The highest BCUT2D eigenvalue weighted by atomic mass is 15.2. The van der Waals surface area contributed by atoms with E-state index < -0.39 is 0 Å². The van der Waals surface area contributed by atoms with Crippen molar-refractivity contribution in [2.24, 2.45) is 0 Å². The number of fused-ring (bicyclic) bond motifs is 10. The Hall–Kier alpha value is -6.26. The predicted octanol–water partition coefficient (Wildman–Crippen LogP) is 10.6. The zero-order valence-electron chi connectivity index (χ0n) is 24.8. The maximum Gasteiger partial charge on any atom is 0.0933 e. The Labute approximate surface area is 264 Å². The maximum atomic E-state index is 5.32. The number of hydrogen-bond donors (Lipinski definition) is 0. The summed E-state index contributed by atoms with van der Waals surface area (Å²) >= 11 is 0. The van der Waals surface area contributed by atoms with Crippen molar-refractivity contribution in [1.82, 2.24) is 19.2 Å². The van der Waals surface area contributed by atoms with Crippen molar-refractivity contribution in [3.05, 3.63) is 158 Å². The zero-order chi connectivity index (χ0) is 30.2. The van der Waals surface area contributed by atoms with E-state index in [0.29, 0.717) is 0 Å². The van der Waals surface area contributed by atoms with Crippen molar-refractivity contribution < 1.29 is 0 Å². The second-order valence-electron chi connectivity index (χ2n) is 11.9. The smallest absolute Gasteiger partial charge is 0.0933 e. The lowest BCUT2D eigenvalue weighted by molar-refractivity contribution is 0.983. The molecule has 10 rings (SSSR count). The van der Waals surface area contributed by atoms with Gasteiger partial charge in [0.25, 0.3) is 0 Å². The van der Waals surface area contributed by atoms with Gasteiger partial charge in [-0.15, -0.1) is 0 Å². The molecule has 0 saturated heterocycles. The quantitative estimate of drug-likeness (QED) is 0.193. The van der Waals surface area contributed by atoms with Crippen molar-refractivity contribution in [2.45, 2.75) is 0 Å². The van der Waals surface area contributed by atoms with Gasteiger partial charge in [-0.05, 0) is 48.0 Å². The Kier molecular flexibility index (Phi) is 5.25. The van der Waals surface area contributed by atoms with E-state index in [1.54, 1.807) is 0 Å². The summed E-state index contributed by atoms with van der Waals surface area (Å²) in [5.41, 5.74) is 10.9. The first-order chi connectivity index (χ1) is 22.8. The molecule has 0 N–H and O–H groups in total. The van der Waals surface area contributed by atoms with Gasteiger partial charge in [0, 0.05) is 55.3 Å². The van der Waals surface area contributed by atoms with Crippen molar-refractivity contribution in [3.8, 4) is 28.1 Å². The van der Waals surface area contributed by atoms with Crippen LogP contribution in [0.2, 0.25) is 0 Å². The molecular weight excluding hydrogens is 560 g/mol. The molecule has 4 nitrogen and oxygen atoms in total. The summed E-state index contributed by atoms with van der Waals surface area (Å²) in [6.45, 7) is 0. The summed E-state index contributed by atoms with van der Waals surface area (Å²) in [4.78, 5) is 5.32. The second-order valence-corrected chi connectivity index (χ2v) is 11.9. The van der Waals surface area contributed by atoms with Crippen LogP contribution in [-0.2, 0) is 0 Å². The van der Waals surface area contributed by atoms with Crippen LogP contribution in [0.25, 0.3) is 88.0 Å². The molecule has 0 aliphatic carbocycles. The number of hydrogen-bond acceptors (Lipinski definition) is 2. The Morgan fingerprint density at radius 2 is 1.15 bits per heavy atom. The number of rotatable bonds is 3. The van der Waals surface area contributed by atoms with Gasteiger partial charge in [0.15, 0.2) is 0 Å². The molecule has 0 aliphatic rings. The highest BCUT2D eigenvalue weighted by Crippen LogP contribution is 2.42. The molecule has 4 heterocycles. The monoisotopic (exact) mass is 586 g/mol. The average molecular weight is 587 g/mol. The first kappa shape index (κ1) is 25.1. The molecule has 214 valence electrons. The largest absolute Gasteiger partial charge is 0.309 e. The standard InChI is InChI=1S/C42H26N4/c1-2-13-30(14-3-1)46-39-20-9-6-15-31(39)32-22-23-35-40(42(32)46)34-17-5-7-18-36(34)43-41(35)28-12-10-11-27(25-28)29-21-24-38-33-16-4-8-19-37(33)44-45(38)26-29/h1-26H. The van der Waals surface area contributed by atoms with Gasteiger partial charge in [-0.1, -0.05) is 109 Å². The van der Waals surface area contributed by atoms with Gasteiger partial charge in [0.2, 0.25) is 0 Å². The summed E-state index contributed by atoms with van der Waals surface area (Å²) in [5, 5.41) is 12.0. The molecule has 0 spiro atoms. The third kappa shape index (κ3) is 3.61. The van der Waals surface area contributed by atoms with Gasteiger partial charge in [0.05, 0.1) is 33.3 Å². The van der Waals surface area contributed by atoms with Crippen molar-refractivity contribution in [3.63, 3.8) is 0 Å². The van der Waals surface area contributed by atoms with Crippen molar-refractivity contribution in [1.29, 1.82) is 0 Å². The highest BCUT2D eigenvalue weighted by molar-refractivity contribution is 6.26. The Morgan fingerprint density at radius 1 is 0.435 bits per heavy atom. The highest BCUT2D eigenvalue weighted by Gasteiger charge is 2.19. The lowest BCUT2D eigenvalue weighted by atomic mass is 9.96. The van der Waals surface area contributed by atoms with Crippen LogP contribution in [0, 0.1) is 0 Å². The molecule has 0 fully saturated rings. The molecule has 6 aromatic carbocycles. The number of nitrogens with zero attached hydrogens (tertiary/aromatic N) is 4. The fourth-order valence-electron chi connectivity index (χ4n) is 7.25. The van der Waals surface area contributed by atoms with E-state index in [1.165, 1.54) is 27.2 Å². The summed E-state index contributed by atoms with van der Waals surface area (Å²) in [6, 6.07) is 53.9. The first-order valence-corrected chi connectivity index (χ1v) is 15.6. The molecule has 0 saturated carbocycles. The fraction of sp³-hybridized carbons (Fsp3) is 0. The number of pyridine rings is 2. The van der Waals surface area contributed by atoms with Crippen molar-refractivity contribution >= 4 is 59.9 Å². The summed E-state index contributed by atoms with van der Waals surface area (Å²) < 4.78 is 4.42. The fourth-order valence-corrected chi connectivity index (χ4v) is 7.25. The first-order valence-electron chi connectivity index (χ1n) is 15.6. The second kappa shape index (κ2) is 9.62. The van der Waals surface area contributed by atoms with Crippen LogP contribution in [0.15, 0.2) is 158 Å². The van der Waals surface area contributed by atoms with Crippen LogP contribution in [-0.4, -0.2) is 19.2 Å². The van der Waals surface area contributed by atoms with E-state index in [1.807, 2.05) is 10.6 Å². The third-order valence-corrected chi connectivity index (χ3v) is 9.31. The van der Waals surface area contributed by atoms with E-state index in [9.17, 15) is 0 Å². The van der Waals surface area contributed by atoms with E-state index in [2.05, 4.69) is 156 Å². The summed E-state index contributed by atoms with van der Waals surface area (Å²) in [5.74, 6) is 0. The van der Waals surface area contributed by atoms with Crippen LogP contribution in [0.3, 0.4) is 0 Å². The van der Waals surface area contributed by atoms with Gasteiger partial charge in [-0.25, -0.2) is 9.50 Å². The molecule has 0 atom stereocenters. The van der Waals surface area contributed by atoms with Crippen LogP contribution < -0.4 is 0 Å². The van der Waals surface area contributed by atoms with Gasteiger partial charge in [-0.3, -0.25) is 0 Å². The van der Waals surface area contributed by atoms with Crippen LogP contribution >= 0.6 is 0 Å². The molecule has 0 bridgehead atoms. The minimum absolute atomic E-state index is 0.980. The average Bonchev–Trinajstić information content (AvgIpc) is 3.67. The van der Waals surface area contributed by atoms with Gasteiger partial charge in [0.1, 0.15) is 0 Å². The predicted molar refractivity (Wildman–Crippen MR) is 191 cm³/mol. The topological polar surface area (TPSA) is 35.1 Å². The lowest BCUT2D eigenvalue weighted by Gasteiger charge is -2.15. The zero-order valence-corrected chi connectivity index (χ0v) is 24.8. The Balaban J connectivity index is 1.26. The van der Waals surface area contributed by atoms with Crippen molar-refractivity contribution in [2.75, 3.05) is 0 Å². The molecule has 0 aliphatic heterocycles. The summed E-state index contributed by atoms with van der Waals surface area (Å²) in [7, 11) is 0. The van der Waals surface area contributed by atoms with Crippen LogP contribution in [0.4, 0.5) is 0 Å². The normalized spacial score (nSPS) is 11.9. The molecule has 4 heteroatoms. The minimum atomic E-state index is 0.980. The number of benzene rings is 6.